The number of ketones is 1. The van der Waals surface area contributed by atoms with E-state index in [1.807, 2.05) is 0 Å². The van der Waals surface area contributed by atoms with Gasteiger partial charge in [0.15, 0.2) is 5.78 Å². The molecule has 2 rings (SSSR count). The van der Waals surface area contributed by atoms with Crippen molar-refractivity contribution in [3.63, 3.8) is 0 Å². The maximum absolute atomic E-state index is 14.5. The highest BCUT2D eigenvalue weighted by Gasteiger charge is 2.50. The van der Waals surface area contributed by atoms with Crippen LogP contribution in [-0.2, 0) is 40.8 Å². The lowest BCUT2D eigenvalue weighted by atomic mass is 9.84. The first-order chi connectivity index (χ1) is 13.2. The molecule has 1 unspecified atom stereocenters. The minimum absolute atomic E-state index is 0.0869. The van der Waals surface area contributed by atoms with E-state index in [0.717, 1.165) is 0 Å². The molecule has 0 radical (unpaired) electrons. The van der Waals surface area contributed by atoms with Gasteiger partial charge in [0.05, 0.1) is 5.54 Å². The second kappa shape index (κ2) is 8.04. The number of hydrogen-bond donors (Lipinski definition) is 1. The highest BCUT2D eigenvalue weighted by Crippen LogP contribution is 2.33. The monoisotopic (exact) mass is 427 g/mol. The summed E-state index contributed by atoms with van der Waals surface area (Å²) < 4.78 is 39.4. The minimum atomic E-state index is -1.78. The van der Waals surface area contributed by atoms with Gasteiger partial charge in [0.25, 0.3) is 5.79 Å². The van der Waals surface area contributed by atoms with Crippen molar-refractivity contribution in [2.24, 2.45) is 5.92 Å². The molecule has 0 aromatic heterocycles. The van der Waals surface area contributed by atoms with E-state index in [0.29, 0.717) is 0 Å². The van der Waals surface area contributed by atoms with E-state index < -0.39 is 63.3 Å². The van der Waals surface area contributed by atoms with Crippen LogP contribution in [0.4, 0.5) is 4.39 Å². The zero-order valence-corrected chi connectivity index (χ0v) is 18.1. The Hall–Kier alpha value is -1.97. The number of benzene rings is 1. The summed E-state index contributed by atoms with van der Waals surface area (Å²) in [7, 11) is 0. The van der Waals surface area contributed by atoms with Gasteiger partial charge in [-0.25, -0.2) is 4.39 Å². The molecule has 1 aliphatic rings. The predicted octanol–water partition coefficient (Wildman–Crippen LogP) is 2.50. The van der Waals surface area contributed by atoms with Crippen molar-refractivity contribution in [3.8, 4) is 0 Å². The summed E-state index contributed by atoms with van der Waals surface area (Å²) in [5.41, 5.74) is -1.36. The van der Waals surface area contributed by atoms with E-state index in [4.69, 9.17) is 9.47 Å². The second-order valence-electron chi connectivity index (χ2n) is 8.61. The summed E-state index contributed by atoms with van der Waals surface area (Å²) in [5.74, 6) is -6.73. The van der Waals surface area contributed by atoms with Gasteiger partial charge in [0.1, 0.15) is 10.6 Å². The van der Waals surface area contributed by atoms with Crippen molar-refractivity contribution in [1.29, 1.82) is 0 Å². The number of carbonyl (C=O) groups is 3. The van der Waals surface area contributed by atoms with E-state index >= 15 is 0 Å². The molecule has 0 amide bonds. The van der Waals surface area contributed by atoms with Gasteiger partial charge in [-0.3, -0.25) is 14.4 Å². The molecule has 0 aliphatic carbocycles. The standard InChI is InChI=1S/C20H26FNO6S/c1-18(2,3)29(26)22-20(6,12-9-7-8-10-13(12)21)11-14(23)15-16(24)27-19(4,5)28-17(15)25/h7-10,15,22H,11H2,1-6H3/t20-,29?/m0/s1. The summed E-state index contributed by atoms with van der Waals surface area (Å²) in [4.78, 5) is 37.4. The van der Waals surface area contributed by atoms with Gasteiger partial charge in [-0.15, -0.1) is 4.72 Å². The molecule has 29 heavy (non-hydrogen) atoms. The number of halogens is 1. The summed E-state index contributed by atoms with van der Waals surface area (Å²) in [6.45, 7) is 9.41. The molecule has 1 aliphatic heterocycles. The van der Waals surface area contributed by atoms with Gasteiger partial charge in [-0.05, 0) is 33.8 Å². The number of rotatable bonds is 6. The number of ether oxygens (including phenoxy) is 2. The Bertz CT molecular complexity index is 801. The smallest absolute Gasteiger partial charge is 0.331 e. The van der Waals surface area contributed by atoms with Crippen LogP contribution in [0.3, 0.4) is 0 Å². The van der Waals surface area contributed by atoms with Crippen LogP contribution in [0, 0.1) is 11.7 Å². The molecule has 1 aromatic carbocycles. The molecule has 1 fully saturated rings. The van der Waals surface area contributed by atoms with Crippen LogP contribution in [0.25, 0.3) is 0 Å². The third-order valence-electron chi connectivity index (χ3n) is 4.36. The van der Waals surface area contributed by atoms with Crippen molar-refractivity contribution in [3.05, 3.63) is 35.6 Å². The lowest BCUT2D eigenvalue weighted by Crippen LogP contribution is -2.54. The third-order valence-corrected chi connectivity index (χ3v) is 6.10. The second-order valence-corrected chi connectivity index (χ2v) is 10.6. The maximum Gasteiger partial charge on any atom is 0.331 e. The van der Waals surface area contributed by atoms with E-state index in [9.17, 15) is 23.3 Å². The minimum Gasteiger partial charge on any atom is -0.598 e. The largest absolute Gasteiger partial charge is 0.598 e. The molecule has 0 bridgehead atoms. The SMILES string of the molecule is CC1(C)OC(=O)C(C(=O)C[C@](C)(N[S+]([O-])C(C)(C)C)c2ccccc2F)C(=O)O1. The lowest BCUT2D eigenvalue weighted by molar-refractivity contribution is -0.238. The Morgan fingerprint density at radius 1 is 1.17 bits per heavy atom. The fourth-order valence-electron chi connectivity index (χ4n) is 2.89. The van der Waals surface area contributed by atoms with Crippen LogP contribution in [0.5, 0.6) is 0 Å². The number of Topliss-reactive ketones (excluding diaryl/α,β-unsaturated/α-hetero) is 1. The van der Waals surface area contributed by atoms with Crippen LogP contribution in [0.1, 0.15) is 53.5 Å². The first-order valence-electron chi connectivity index (χ1n) is 9.09. The zero-order valence-electron chi connectivity index (χ0n) is 17.3. The average molecular weight is 427 g/mol. The van der Waals surface area contributed by atoms with Crippen LogP contribution >= 0.6 is 0 Å². The summed E-state index contributed by atoms with van der Waals surface area (Å²) in [5, 5.41) is 0. The molecule has 1 saturated heterocycles. The van der Waals surface area contributed by atoms with Crippen LogP contribution in [-0.4, -0.2) is 32.8 Å². The number of nitrogens with one attached hydrogen (secondary N) is 1. The highest BCUT2D eigenvalue weighted by atomic mass is 32.2. The summed E-state index contributed by atoms with van der Waals surface area (Å²) >= 11 is -1.67. The van der Waals surface area contributed by atoms with E-state index in [2.05, 4.69) is 4.72 Å². The summed E-state index contributed by atoms with van der Waals surface area (Å²) in [6.07, 6.45) is -0.481. The lowest BCUT2D eigenvalue weighted by Gasteiger charge is -2.36. The summed E-state index contributed by atoms with van der Waals surface area (Å²) in [6, 6.07) is 5.73. The Kier molecular flexibility index (Phi) is 6.46. The van der Waals surface area contributed by atoms with E-state index in [1.54, 1.807) is 26.8 Å². The third kappa shape index (κ3) is 5.34. The van der Waals surface area contributed by atoms with Crippen LogP contribution in [0.15, 0.2) is 24.3 Å². The average Bonchev–Trinajstić information content (AvgIpc) is 2.51. The van der Waals surface area contributed by atoms with E-state index in [-0.39, 0.29) is 5.56 Å². The normalized spacial score (nSPS) is 20.4. The van der Waals surface area contributed by atoms with Crippen LogP contribution in [0.2, 0.25) is 0 Å². The molecule has 0 saturated carbocycles. The Balaban J connectivity index is 2.38. The molecule has 160 valence electrons. The van der Waals surface area contributed by atoms with Gasteiger partial charge in [-0.1, -0.05) is 18.2 Å². The highest BCUT2D eigenvalue weighted by molar-refractivity contribution is 7.90. The first kappa shape index (κ1) is 23.3. The Morgan fingerprint density at radius 3 is 2.17 bits per heavy atom. The molecule has 1 heterocycles. The number of carbonyl (C=O) groups excluding carboxylic acids is 3. The van der Waals surface area contributed by atoms with Gasteiger partial charge < -0.3 is 14.0 Å². The maximum atomic E-state index is 14.5. The Labute approximate surface area is 172 Å². The van der Waals surface area contributed by atoms with Gasteiger partial charge in [0.2, 0.25) is 5.92 Å². The number of cyclic esters (lactones) is 2. The number of esters is 2. The van der Waals surface area contributed by atoms with Crippen molar-refractivity contribution < 1.29 is 32.8 Å². The molecular weight excluding hydrogens is 401 g/mol. The predicted molar refractivity (Wildman–Crippen MR) is 104 cm³/mol. The van der Waals surface area contributed by atoms with Crippen molar-refractivity contribution in [2.75, 3.05) is 0 Å². The molecule has 9 heteroatoms. The quantitative estimate of drug-likeness (QED) is 0.422. The Morgan fingerprint density at radius 2 is 1.69 bits per heavy atom. The van der Waals surface area contributed by atoms with Crippen LogP contribution < -0.4 is 4.72 Å². The zero-order chi connectivity index (χ0) is 22.2. The molecular formula is C20H26FNO6S. The fourth-order valence-corrected chi connectivity index (χ4v) is 3.78. The van der Waals surface area contributed by atoms with Gasteiger partial charge >= 0.3 is 11.9 Å². The molecule has 7 nitrogen and oxygen atoms in total. The first-order valence-corrected chi connectivity index (χ1v) is 10.2. The molecule has 2 atom stereocenters. The van der Waals surface area contributed by atoms with Crippen molar-refractivity contribution in [2.45, 2.75) is 64.0 Å². The van der Waals surface area contributed by atoms with Crippen molar-refractivity contribution in [1.82, 2.24) is 4.72 Å². The van der Waals surface area contributed by atoms with Crippen molar-refractivity contribution >= 4 is 29.1 Å². The number of hydrogen-bond acceptors (Lipinski definition) is 7. The molecule has 0 spiro atoms. The van der Waals surface area contributed by atoms with Gasteiger partial charge in [-0.2, -0.15) is 0 Å². The van der Waals surface area contributed by atoms with Gasteiger partial charge in [0, 0.05) is 37.2 Å². The van der Waals surface area contributed by atoms with E-state index in [1.165, 1.54) is 39.0 Å². The fraction of sp³-hybridized carbons (Fsp3) is 0.550. The molecule has 1 N–H and O–H groups in total. The topological polar surface area (TPSA) is 105 Å². The molecule has 1 aromatic rings.